The van der Waals surface area contributed by atoms with E-state index in [2.05, 4.69) is 20.9 Å². The van der Waals surface area contributed by atoms with Crippen molar-refractivity contribution in [3.8, 4) is 0 Å². The molecule has 4 aromatic rings. The van der Waals surface area contributed by atoms with Gasteiger partial charge in [-0.3, -0.25) is 14.2 Å². The minimum absolute atomic E-state index is 0.194. The van der Waals surface area contributed by atoms with Gasteiger partial charge < -0.3 is 9.64 Å². The van der Waals surface area contributed by atoms with E-state index in [4.69, 9.17) is 4.74 Å². The number of hydrogen-bond donors (Lipinski definition) is 0. The average molecular weight is 661 g/mol. The van der Waals surface area contributed by atoms with Crippen LogP contribution in [0.15, 0.2) is 103 Å². The molecule has 0 bridgehead atoms. The highest BCUT2D eigenvalue weighted by molar-refractivity contribution is 9.10. The Morgan fingerprint density at radius 1 is 1.07 bits per heavy atom. The van der Waals surface area contributed by atoms with E-state index < -0.39 is 12.0 Å². The standard InChI is InChI=1S/C32H26BrN3O4S2/c1-4-40-31(39)25-18(2)34-32-36(27(25)20-10-13-22(41-3)14-11-20)30(38)28(42-32)26-23-16-21(33)12-15-24(23)35(29(26)37)17-19-8-6-5-7-9-19/h5-16,27H,4,17H2,1-3H3/b28-26-/t27-/m0/s1. The number of halogens is 1. The largest absolute Gasteiger partial charge is 0.463 e. The van der Waals surface area contributed by atoms with Crippen LogP contribution in [0.25, 0.3) is 5.57 Å². The molecular formula is C32H26BrN3O4S2. The summed E-state index contributed by atoms with van der Waals surface area (Å²) in [5.74, 6) is -0.768. The lowest BCUT2D eigenvalue weighted by Gasteiger charge is -2.24. The number of rotatable bonds is 6. The second kappa shape index (κ2) is 11.5. The third-order valence-electron chi connectivity index (χ3n) is 7.31. The number of anilines is 1. The van der Waals surface area contributed by atoms with Crippen molar-refractivity contribution in [2.75, 3.05) is 17.8 Å². The molecule has 0 spiro atoms. The fraction of sp³-hybridized carbons (Fsp3) is 0.188. The normalized spacial score (nSPS) is 17.2. The van der Waals surface area contributed by atoms with Gasteiger partial charge in [0.15, 0.2) is 4.80 Å². The number of nitrogens with zero attached hydrogens (tertiary/aromatic N) is 3. The van der Waals surface area contributed by atoms with Crippen LogP contribution in [-0.2, 0) is 20.9 Å². The van der Waals surface area contributed by atoms with Gasteiger partial charge in [0.2, 0.25) is 0 Å². The van der Waals surface area contributed by atoms with Crippen LogP contribution in [0.3, 0.4) is 0 Å². The summed E-state index contributed by atoms with van der Waals surface area (Å²) in [6, 6.07) is 22.4. The number of thioether (sulfide) groups is 1. The molecule has 7 nitrogen and oxygen atoms in total. The van der Waals surface area contributed by atoms with Gasteiger partial charge in [-0.1, -0.05) is 69.7 Å². The van der Waals surface area contributed by atoms with Crippen LogP contribution in [0, 0.1) is 0 Å². The van der Waals surface area contributed by atoms with Crippen LogP contribution < -0.4 is 19.8 Å². The third kappa shape index (κ3) is 4.87. The first-order valence-electron chi connectivity index (χ1n) is 13.3. The predicted octanol–water partition coefficient (Wildman–Crippen LogP) is 5.20. The van der Waals surface area contributed by atoms with Gasteiger partial charge in [-0.25, -0.2) is 9.79 Å². The van der Waals surface area contributed by atoms with Crippen molar-refractivity contribution in [2.45, 2.75) is 31.3 Å². The number of esters is 1. The second-order valence-corrected chi connectivity index (χ2v) is 12.6. The van der Waals surface area contributed by atoms with Gasteiger partial charge in [-0.2, -0.15) is 0 Å². The predicted molar refractivity (Wildman–Crippen MR) is 169 cm³/mol. The fourth-order valence-electron chi connectivity index (χ4n) is 5.39. The van der Waals surface area contributed by atoms with E-state index in [1.807, 2.05) is 79.1 Å². The molecule has 6 rings (SSSR count). The number of ether oxygens (including phenoxy) is 1. The Labute approximate surface area is 259 Å². The molecule has 0 radical (unpaired) electrons. The molecule has 2 aliphatic heterocycles. The van der Waals surface area contributed by atoms with Crippen LogP contribution in [0.5, 0.6) is 0 Å². The molecule has 0 N–H and O–H groups in total. The zero-order valence-corrected chi connectivity index (χ0v) is 26.3. The Morgan fingerprint density at radius 2 is 1.81 bits per heavy atom. The lowest BCUT2D eigenvalue weighted by Crippen LogP contribution is -2.41. The topological polar surface area (TPSA) is 81.0 Å². The molecule has 1 atom stereocenters. The average Bonchev–Trinajstić information content (AvgIpc) is 3.44. The van der Waals surface area contributed by atoms with Gasteiger partial charge in [0.25, 0.3) is 11.5 Å². The molecule has 0 saturated heterocycles. The number of benzene rings is 3. The Bertz CT molecular complexity index is 1950. The van der Waals surface area contributed by atoms with Crippen LogP contribution >= 0.6 is 39.0 Å². The van der Waals surface area contributed by atoms with Crippen molar-refractivity contribution in [1.82, 2.24) is 4.57 Å². The van der Waals surface area contributed by atoms with E-state index >= 15 is 0 Å². The monoisotopic (exact) mass is 659 g/mol. The Hall–Kier alpha value is -3.73. The maximum atomic E-state index is 14.4. The highest BCUT2D eigenvalue weighted by Crippen LogP contribution is 2.38. The first-order valence-corrected chi connectivity index (χ1v) is 16.2. The summed E-state index contributed by atoms with van der Waals surface area (Å²) < 4.78 is 8.03. The second-order valence-electron chi connectivity index (χ2n) is 9.81. The summed E-state index contributed by atoms with van der Waals surface area (Å²) in [4.78, 5) is 49.6. The molecule has 42 heavy (non-hydrogen) atoms. The number of carbonyl (C=O) groups excluding carboxylic acids is 2. The van der Waals surface area contributed by atoms with E-state index in [1.165, 1.54) is 15.9 Å². The first-order chi connectivity index (χ1) is 20.3. The summed E-state index contributed by atoms with van der Waals surface area (Å²) >= 11 is 6.32. The maximum absolute atomic E-state index is 14.4. The molecule has 1 aromatic heterocycles. The van der Waals surface area contributed by atoms with Crippen LogP contribution in [0.2, 0.25) is 0 Å². The molecule has 0 unspecified atom stereocenters. The lowest BCUT2D eigenvalue weighted by atomic mass is 9.96. The van der Waals surface area contributed by atoms with Crippen molar-refractivity contribution in [3.63, 3.8) is 0 Å². The number of thiazole rings is 1. The molecule has 212 valence electrons. The molecule has 10 heteroatoms. The molecule has 0 saturated carbocycles. The number of fused-ring (bicyclic) bond motifs is 2. The van der Waals surface area contributed by atoms with Gasteiger partial charge in [-0.15, -0.1) is 11.8 Å². The van der Waals surface area contributed by atoms with E-state index in [0.717, 1.165) is 26.2 Å². The van der Waals surface area contributed by atoms with Gasteiger partial charge >= 0.3 is 5.97 Å². The summed E-state index contributed by atoms with van der Waals surface area (Å²) in [6.45, 7) is 4.06. The van der Waals surface area contributed by atoms with Crippen molar-refractivity contribution in [1.29, 1.82) is 0 Å². The van der Waals surface area contributed by atoms with Gasteiger partial charge in [0.1, 0.15) is 4.53 Å². The molecule has 0 fully saturated rings. The Balaban J connectivity index is 1.59. The molecule has 2 aliphatic rings. The van der Waals surface area contributed by atoms with Crippen molar-refractivity contribution >= 4 is 62.2 Å². The van der Waals surface area contributed by atoms with Gasteiger partial charge in [-0.05, 0) is 61.6 Å². The number of hydrogen-bond acceptors (Lipinski definition) is 7. The minimum Gasteiger partial charge on any atom is -0.463 e. The van der Waals surface area contributed by atoms with E-state index in [1.54, 1.807) is 30.5 Å². The first kappa shape index (κ1) is 28.4. The molecule has 3 aromatic carbocycles. The third-order valence-corrected chi connectivity index (χ3v) is 9.60. The number of allylic oxidation sites excluding steroid dienone is 1. The highest BCUT2D eigenvalue weighted by atomic mass is 79.9. The maximum Gasteiger partial charge on any atom is 0.338 e. The molecular weight excluding hydrogens is 634 g/mol. The zero-order chi connectivity index (χ0) is 29.5. The SMILES string of the molecule is CCOC(=O)C1=C(C)N=c2s/c(=C3\C(=O)N(Cc4ccccc4)c4ccc(Br)cc43)c(=O)n2[C@H]1c1ccc(SC)cc1. The van der Waals surface area contributed by atoms with Crippen molar-refractivity contribution in [2.24, 2.45) is 4.99 Å². The van der Waals surface area contributed by atoms with Gasteiger partial charge in [0.05, 0.1) is 41.7 Å². The Kier molecular flexibility index (Phi) is 7.78. The van der Waals surface area contributed by atoms with Crippen molar-refractivity contribution in [3.05, 3.63) is 125 Å². The minimum atomic E-state index is -0.746. The van der Waals surface area contributed by atoms with Crippen LogP contribution in [0.4, 0.5) is 5.69 Å². The van der Waals surface area contributed by atoms with E-state index in [-0.39, 0.29) is 22.6 Å². The summed E-state index contributed by atoms with van der Waals surface area (Å²) in [5.41, 5.74) is 3.91. The van der Waals surface area contributed by atoms with E-state index in [0.29, 0.717) is 33.8 Å². The fourth-order valence-corrected chi connectivity index (χ4v) is 7.30. The Morgan fingerprint density at radius 3 is 2.50 bits per heavy atom. The van der Waals surface area contributed by atoms with Crippen LogP contribution in [0.1, 0.15) is 36.6 Å². The molecule has 3 heterocycles. The van der Waals surface area contributed by atoms with Crippen LogP contribution in [-0.4, -0.2) is 29.3 Å². The number of carbonyl (C=O) groups is 2. The highest BCUT2D eigenvalue weighted by Gasteiger charge is 2.37. The zero-order valence-electron chi connectivity index (χ0n) is 23.1. The molecule has 1 amide bonds. The van der Waals surface area contributed by atoms with Crippen molar-refractivity contribution < 1.29 is 14.3 Å². The van der Waals surface area contributed by atoms with Gasteiger partial charge in [0, 0.05) is 14.9 Å². The quantitative estimate of drug-likeness (QED) is 0.210. The lowest BCUT2D eigenvalue weighted by molar-refractivity contribution is -0.139. The summed E-state index contributed by atoms with van der Waals surface area (Å²) in [6.07, 6.45) is 1.99. The summed E-state index contributed by atoms with van der Waals surface area (Å²) in [7, 11) is 0. The number of aromatic nitrogens is 1. The molecule has 0 aliphatic carbocycles. The smallest absolute Gasteiger partial charge is 0.338 e. The number of amides is 1. The summed E-state index contributed by atoms with van der Waals surface area (Å²) in [5, 5.41) is 0. The van der Waals surface area contributed by atoms with E-state index in [9.17, 15) is 14.4 Å².